The maximum atomic E-state index is 5.14. The van der Waals surface area contributed by atoms with E-state index in [0.717, 1.165) is 18.8 Å². The Morgan fingerprint density at radius 3 is 2.40 bits per heavy atom. The minimum Gasteiger partial charge on any atom is -0.497 e. The van der Waals surface area contributed by atoms with Crippen molar-refractivity contribution in [3.8, 4) is 5.75 Å². The lowest BCUT2D eigenvalue weighted by atomic mass is 10.2. The molecule has 0 aliphatic rings. The predicted octanol–water partition coefficient (Wildman–Crippen LogP) is 1.82. The maximum absolute atomic E-state index is 5.14. The van der Waals surface area contributed by atoms with E-state index in [1.165, 1.54) is 5.56 Å². The van der Waals surface area contributed by atoms with Crippen LogP contribution in [0.3, 0.4) is 0 Å². The molecule has 0 amide bonds. The molecule has 3 nitrogen and oxygen atoms in total. The van der Waals surface area contributed by atoms with Gasteiger partial charge in [0.15, 0.2) is 0 Å². The fourth-order valence-corrected chi connectivity index (χ4v) is 1.25. The van der Waals surface area contributed by atoms with Crippen LogP contribution in [0.25, 0.3) is 0 Å². The number of methoxy groups -OCH3 is 2. The molecule has 3 heteroatoms. The number of benzene rings is 1. The van der Waals surface area contributed by atoms with E-state index in [0.29, 0.717) is 0 Å². The summed E-state index contributed by atoms with van der Waals surface area (Å²) in [5.74, 6) is 0.893. The van der Waals surface area contributed by atoms with Crippen molar-refractivity contribution in [2.24, 2.45) is 0 Å². The van der Waals surface area contributed by atoms with Crippen molar-refractivity contribution in [3.05, 3.63) is 29.8 Å². The van der Waals surface area contributed by atoms with Crippen molar-refractivity contribution in [2.75, 3.05) is 20.8 Å². The van der Waals surface area contributed by atoms with Gasteiger partial charge in [0.25, 0.3) is 0 Å². The van der Waals surface area contributed by atoms with E-state index < -0.39 is 0 Å². The first-order chi connectivity index (χ1) is 7.26. The van der Waals surface area contributed by atoms with Crippen molar-refractivity contribution in [2.45, 2.75) is 19.6 Å². The van der Waals surface area contributed by atoms with Gasteiger partial charge in [-0.05, 0) is 24.6 Å². The Hall–Kier alpha value is -1.06. The zero-order valence-electron chi connectivity index (χ0n) is 9.62. The third-order valence-electron chi connectivity index (χ3n) is 2.32. The molecule has 15 heavy (non-hydrogen) atoms. The van der Waals surface area contributed by atoms with Gasteiger partial charge in [-0.25, -0.2) is 0 Å². The van der Waals surface area contributed by atoms with Gasteiger partial charge in [-0.1, -0.05) is 12.1 Å². The van der Waals surface area contributed by atoms with Gasteiger partial charge in [0.05, 0.1) is 13.2 Å². The van der Waals surface area contributed by atoms with Gasteiger partial charge in [-0.15, -0.1) is 0 Å². The Kier molecular flexibility index (Phi) is 5.15. The van der Waals surface area contributed by atoms with Crippen LogP contribution in [0.4, 0.5) is 0 Å². The van der Waals surface area contributed by atoms with E-state index in [1.807, 2.05) is 19.1 Å². The molecule has 0 heterocycles. The van der Waals surface area contributed by atoms with Crippen LogP contribution in [0.2, 0.25) is 0 Å². The van der Waals surface area contributed by atoms with Crippen molar-refractivity contribution in [3.63, 3.8) is 0 Å². The quantitative estimate of drug-likeness (QED) is 0.775. The number of rotatable bonds is 6. The van der Waals surface area contributed by atoms with Crippen LogP contribution in [0, 0.1) is 0 Å². The number of ether oxygens (including phenoxy) is 2. The molecule has 1 aromatic carbocycles. The summed E-state index contributed by atoms with van der Waals surface area (Å²) in [5.41, 5.74) is 1.25. The van der Waals surface area contributed by atoms with Crippen LogP contribution < -0.4 is 10.1 Å². The summed E-state index contributed by atoms with van der Waals surface area (Å²) in [7, 11) is 3.40. The lowest BCUT2D eigenvalue weighted by Crippen LogP contribution is -2.25. The summed E-state index contributed by atoms with van der Waals surface area (Å²) in [4.78, 5) is 0. The number of hydrogen-bond donors (Lipinski definition) is 1. The summed E-state index contributed by atoms with van der Waals surface area (Å²) in [6, 6.07) is 8.06. The minimum atomic E-state index is 0.253. The summed E-state index contributed by atoms with van der Waals surface area (Å²) in [6.45, 7) is 3.77. The normalized spacial score (nSPS) is 12.5. The lowest BCUT2D eigenvalue weighted by Gasteiger charge is -2.10. The zero-order valence-corrected chi connectivity index (χ0v) is 9.62. The molecule has 0 spiro atoms. The van der Waals surface area contributed by atoms with E-state index in [1.54, 1.807) is 14.2 Å². The molecule has 84 valence electrons. The molecule has 0 fully saturated rings. The van der Waals surface area contributed by atoms with Crippen LogP contribution >= 0.6 is 0 Å². The number of nitrogens with one attached hydrogen (secondary N) is 1. The first-order valence-corrected chi connectivity index (χ1v) is 5.12. The summed E-state index contributed by atoms with van der Waals surface area (Å²) < 4.78 is 10.2. The van der Waals surface area contributed by atoms with E-state index in [4.69, 9.17) is 9.47 Å². The lowest BCUT2D eigenvalue weighted by molar-refractivity contribution is 0.117. The Bertz CT molecular complexity index is 271. The van der Waals surface area contributed by atoms with Crippen molar-refractivity contribution >= 4 is 0 Å². The molecule has 0 radical (unpaired) electrons. The average molecular weight is 209 g/mol. The third-order valence-corrected chi connectivity index (χ3v) is 2.32. The van der Waals surface area contributed by atoms with Crippen LogP contribution in [-0.4, -0.2) is 26.9 Å². The Morgan fingerprint density at radius 1 is 1.20 bits per heavy atom. The molecule has 0 aliphatic heterocycles. The highest BCUT2D eigenvalue weighted by Crippen LogP contribution is 2.10. The maximum Gasteiger partial charge on any atom is 0.118 e. The fraction of sp³-hybridized carbons (Fsp3) is 0.500. The standard InChI is InChI=1S/C12H19NO2/c1-10(14-2)8-13-9-11-4-6-12(15-3)7-5-11/h4-7,10,13H,8-9H2,1-3H3. The first kappa shape index (κ1) is 12.0. The Balaban J connectivity index is 2.31. The largest absolute Gasteiger partial charge is 0.497 e. The second-order valence-electron chi connectivity index (χ2n) is 3.53. The first-order valence-electron chi connectivity index (χ1n) is 5.12. The van der Waals surface area contributed by atoms with E-state index >= 15 is 0 Å². The second-order valence-corrected chi connectivity index (χ2v) is 3.53. The molecule has 1 unspecified atom stereocenters. The average Bonchev–Trinajstić information content (AvgIpc) is 2.29. The molecular weight excluding hydrogens is 190 g/mol. The highest BCUT2D eigenvalue weighted by Gasteiger charge is 1.98. The van der Waals surface area contributed by atoms with Gasteiger partial charge in [-0.2, -0.15) is 0 Å². The Morgan fingerprint density at radius 2 is 1.87 bits per heavy atom. The molecule has 0 saturated carbocycles. The van der Waals surface area contributed by atoms with Crippen molar-refractivity contribution in [1.29, 1.82) is 0 Å². The molecule has 1 aromatic rings. The molecule has 1 N–H and O–H groups in total. The minimum absolute atomic E-state index is 0.253. The van der Waals surface area contributed by atoms with Crippen LogP contribution in [0.5, 0.6) is 5.75 Å². The molecule has 1 atom stereocenters. The number of hydrogen-bond acceptors (Lipinski definition) is 3. The van der Waals surface area contributed by atoms with Crippen LogP contribution in [-0.2, 0) is 11.3 Å². The topological polar surface area (TPSA) is 30.5 Å². The van der Waals surface area contributed by atoms with E-state index in [9.17, 15) is 0 Å². The highest BCUT2D eigenvalue weighted by molar-refractivity contribution is 5.26. The molecule has 0 aromatic heterocycles. The van der Waals surface area contributed by atoms with Crippen molar-refractivity contribution in [1.82, 2.24) is 5.32 Å². The highest BCUT2D eigenvalue weighted by atomic mass is 16.5. The molecular formula is C12H19NO2. The molecule has 0 aliphatic carbocycles. The van der Waals surface area contributed by atoms with Crippen LogP contribution in [0.15, 0.2) is 24.3 Å². The van der Waals surface area contributed by atoms with Gasteiger partial charge < -0.3 is 14.8 Å². The smallest absolute Gasteiger partial charge is 0.118 e. The van der Waals surface area contributed by atoms with Gasteiger partial charge in [0.1, 0.15) is 5.75 Å². The summed E-state index contributed by atoms with van der Waals surface area (Å²) >= 11 is 0. The van der Waals surface area contributed by atoms with Gasteiger partial charge >= 0.3 is 0 Å². The van der Waals surface area contributed by atoms with E-state index in [2.05, 4.69) is 17.4 Å². The fourth-order valence-electron chi connectivity index (χ4n) is 1.25. The van der Waals surface area contributed by atoms with Gasteiger partial charge in [0.2, 0.25) is 0 Å². The monoisotopic (exact) mass is 209 g/mol. The second kappa shape index (κ2) is 6.43. The summed E-state index contributed by atoms with van der Waals surface area (Å²) in [6.07, 6.45) is 0.253. The molecule has 0 saturated heterocycles. The molecule has 0 bridgehead atoms. The SMILES string of the molecule is COc1ccc(CNCC(C)OC)cc1. The predicted molar refractivity (Wildman–Crippen MR) is 61.2 cm³/mol. The third kappa shape index (κ3) is 4.32. The van der Waals surface area contributed by atoms with Crippen LogP contribution in [0.1, 0.15) is 12.5 Å². The van der Waals surface area contributed by atoms with Crippen molar-refractivity contribution < 1.29 is 9.47 Å². The van der Waals surface area contributed by atoms with Gasteiger partial charge in [-0.3, -0.25) is 0 Å². The Labute approximate surface area is 91.4 Å². The summed E-state index contributed by atoms with van der Waals surface area (Å²) in [5, 5.41) is 3.32. The zero-order chi connectivity index (χ0) is 11.1. The van der Waals surface area contributed by atoms with E-state index in [-0.39, 0.29) is 6.10 Å². The van der Waals surface area contributed by atoms with Gasteiger partial charge in [0, 0.05) is 20.2 Å². The molecule has 1 rings (SSSR count).